The van der Waals surface area contributed by atoms with Crippen LogP contribution in [0.3, 0.4) is 0 Å². The lowest BCUT2D eigenvalue weighted by molar-refractivity contribution is 0.0455. The molecule has 0 aromatic carbocycles. The van der Waals surface area contributed by atoms with Crippen molar-refractivity contribution < 1.29 is 4.74 Å². The Morgan fingerprint density at radius 1 is 1.64 bits per heavy atom. The molecular weight excluding hydrogens is 198 g/mol. The van der Waals surface area contributed by atoms with Crippen LogP contribution in [-0.2, 0) is 4.74 Å². The molecule has 14 heavy (non-hydrogen) atoms. The number of aromatic nitrogens is 1. The van der Waals surface area contributed by atoms with Gasteiger partial charge in [-0.05, 0) is 6.07 Å². The molecule has 2 rings (SSSR count). The number of nitrogens with two attached hydrogens (primary N) is 1. The molecule has 5 heteroatoms. The Bertz CT molecular complexity index is 352. The minimum atomic E-state index is 0.0702. The molecule has 0 spiro atoms. The van der Waals surface area contributed by atoms with E-state index in [9.17, 15) is 0 Å². The number of nitrogens with zero attached hydrogens (tertiary/aromatic N) is 1. The molecule has 1 aromatic heterocycles. The van der Waals surface area contributed by atoms with Crippen molar-refractivity contribution in [2.75, 3.05) is 13.2 Å². The summed E-state index contributed by atoms with van der Waals surface area (Å²) in [6.07, 6.45) is 3.35. The van der Waals surface area contributed by atoms with Crippen LogP contribution >= 0.6 is 11.8 Å². The highest BCUT2D eigenvalue weighted by Crippen LogP contribution is 2.29. The maximum atomic E-state index is 7.39. The molecular formula is C9H11N3OS. The fourth-order valence-electron chi connectivity index (χ4n) is 1.15. The predicted molar refractivity (Wildman–Crippen MR) is 55.7 cm³/mol. The van der Waals surface area contributed by atoms with Crippen molar-refractivity contribution in [1.29, 1.82) is 5.41 Å². The molecule has 0 unspecified atom stereocenters. The first-order valence-corrected chi connectivity index (χ1v) is 5.18. The van der Waals surface area contributed by atoms with E-state index < -0.39 is 0 Å². The van der Waals surface area contributed by atoms with Gasteiger partial charge in [0, 0.05) is 22.9 Å². The van der Waals surface area contributed by atoms with Gasteiger partial charge < -0.3 is 10.5 Å². The van der Waals surface area contributed by atoms with E-state index in [0.717, 1.165) is 18.1 Å². The highest BCUT2D eigenvalue weighted by Gasteiger charge is 2.21. The maximum Gasteiger partial charge on any atom is 0.125 e. The lowest BCUT2D eigenvalue weighted by atomic mass is 10.3. The molecule has 1 aromatic rings. The number of thioether (sulfide) groups is 1. The number of nitrogens with one attached hydrogen (secondary N) is 1. The average Bonchev–Trinajstić information content (AvgIpc) is 2.12. The molecule has 0 aliphatic carbocycles. The summed E-state index contributed by atoms with van der Waals surface area (Å²) in [4.78, 5) is 4.97. The number of nitrogen functional groups attached to an aromatic ring is 1. The van der Waals surface area contributed by atoms with Crippen LogP contribution in [0.1, 0.15) is 5.56 Å². The van der Waals surface area contributed by atoms with Gasteiger partial charge in [0.05, 0.1) is 18.5 Å². The Balaban J connectivity index is 2.17. The van der Waals surface area contributed by atoms with E-state index in [-0.39, 0.29) is 5.84 Å². The summed E-state index contributed by atoms with van der Waals surface area (Å²) < 4.78 is 5.09. The van der Waals surface area contributed by atoms with Gasteiger partial charge in [0.1, 0.15) is 5.84 Å². The monoisotopic (exact) mass is 209 g/mol. The van der Waals surface area contributed by atoms with Crippen LogP contribution in [0.25, 0.3) is 0 Å². The zero-order valence-electron chi connectivity index (χ0n) is 7.56. The Kier molecular flexibility index (Phi) is 2.69. The lowest BCUT2D eigenvalue weighted by Crippen LogP contribution is -2.30. The van der Waals surface area contributed by atoms with Gasteiger partial charge in [0.15, 0.2) is 0 Å². The number of pyridine rings is 1. The van der Waals surface area contributed by atoms with Gasteiger partial charge in [-0.3, -0.25) is 10.4 Å². The second-order valence-electron chi connectivity index (χ2n) is 3.06. The van der Waals surface area contributed by atoms with Crippen molar-refractivity contribution in [2.45, 2.75) is 10.1 Å². The molecule has 3 N–H and O–H groups in total. The molecule has 0 amide bonds. The summed E-state index contributed by atoms with van der Waals surface area (Å²) in [5.41, 5.74) is 6.16. The van der Waals surface area contributed by atoms with E-state index in [0.29, 0.717) is 10.8 Å². The van der Waals surface area contributed by atoms with Crippen LogP contribution in [0.15, 0.2) is 23.4 Å². The quantitative estimate of drug-likeness (QED) is 0.572. The molecule has 0 radical (unpaired) electrons. The Morgan fingerprint density at radius 2 is 2.43 bits per heavy atom. The largest absolute Gasteiger partial charge is 0.384 e. The summed E-state index contributed by atoms with van der Waals surface area (Å²) in [6, 6.07) is 1.89. The zero-order chi connectivity index (χ0) is 9.97. The number of hydrogen-bond donors (Lipinski definition) is 2. The number of hydrogen-bond acceptors (Lipinski definition) is 4. The Hall–Kier alpha value is -1.07. The van der Waals surface area contributed by atoms with E-state index in [2.05, 4.69) is 4.98 Å². The van der Waals surface area contributed by atoms with Gasteiger partial charge in [-0.2, -0.15) is 0 Å². The van der Waals surface area contributed by atoms with E-state index in [1.807, 2.05) is 6.07 Å². The van der Waals surface area contributed by atoms with Crippen molar-refractivity contribution >= 4 is 17.6 Å². The van der Waals surface area contributed by atoms with Crippen LogP contribution in [0.2, 0.25) is 0 Å². The fourth-order valence-corrected chi connectivity index (χ4v) is 2.27. The predicted octanol–water partition coefficient (Wildman–Crippen LogP) is 0.857. The van der Waals surface area contributed by atoms with E-state index in [1.165, 1.54) is 0 Å². The molecule has 1 saturated heterocycles. The normalized spacial score (nSPS) is 16.3. The first-order valence-electron chi connectivity index (χ1n) is 4.30. The summed E-state index contributed by atoms with van der Waals surface area (Å²) in [7, 11) is 0. The van der Waals surface area contributed by atoms with Gasteiger partial charge in [-0.15, -0.1) is 11.8 Å². The number of rotatable bonds is 3. The minimum absolute atomic E-state index is 0.0702. The Morgan fingerprint density at radius 3 is 3.00 bits per heavy atom. The molecule has 1 fully saturated rings. The van der Waals surface area contributed by atoms with E-state index >= 15 is 0 Å². The summed E-state index contributed by atoms with van der Waals surface area (Å²) >= 11 is 1.70. The molecule has 1 aliphatic heterocycles. The zero-order valence-corrected chi connectivity index (χ0v) is 8.38. The van der Waals surface area contributed by atoms with Crippen molar-refractivity contribution in [3.63, 3.8) is 0 Å². The number of ether oxygens (including phenoxy) is 1. The van der Waals surface area contributed by atoms with Crippen LogP contribution in [0.4, 0.5) is 0 Å². The van der Waals surface area contributed by atoms with Crippen molar-refractivity contribution in [3.8, 4) is 0 Å². The third-order valence-corrected chi connectivity index (χ3v) is 3.19. The maximum absolute atomic E-state index is 7.39. The molecule has 4 nitrogen and oxygen atoms in total. The third kappa shape index (κ3) is 1.88. The molecule has 0 saturated carbocycles. The summed E-state index contributed by atoms with van der Waals surface area (Å²) in [5, 5.41) is 7.88. The van der Waals surface area contributed by atoms with Crippen LogP contribution in [0.5, 0.6) is 0 Å². The smallest absolute Gasteiger partial charge is 0.125 e. The van der Waals surface area contributed by atoms with Crippen LogP contribution in [0, 0.1) is 5.41 Å². The van der Waals surface area contributed by atoms with Gasteiger partial charge in [0.25, 0.3) is 0 Å². The third-order valence-electron chi connectivity index (χ3n) is 1.97. The first kappa shape index (κ1) is 9.48. The van der Waals surface area contributed by atoms with Crippen LogP contribution < -0.4 is 5.73 Å². The fraction of sp³-hybridized carbons (Fsp3) is 0.333. The number of amidine groups is 1. The SMILES string of the molecule is N=C(N)c1cnccc1SC1COC1. The van der Waals surface area contributed by atoms with Gasteiger partial charge >= 0.3 is 0 Å². The second-order valence-corrected chi connectivity index (χ2v) is 4.41. The molecule has 0 bridgehead atoms. The summed E-state index contributed by atoms with van der Waals surface area (Å²) in [5.74, 6) is 0.0702. The van der Waals surface area contributed by atoms with Gasteiger partial charge in [-0.1, -0.05) is 0 Å². The van der Waals surface area contributed by atoms with Gasteiger partial charge in [-0.25, -0.2) is 0 Å². The van der Waals surface area contributed by atoms with Crippen molar-refractivity contribution in [2.24, 2.45) is 5.73 Å². The first-order chi connectivity index (χ1) is 6.77. The summed E-state index contributed by atoms with van der Waals surface area (Å²) in [6.45, 7) is 1.56. The minimum Gasteiger partial charge on any atom is -0.384 e. The van der Waals surface area contributed by atoms with Crippen molar-refractivity contribution in [1.82, 2.24) is 4.98 Å². The lowest BCUT2D eigenvalue weighted by Gasteiger charge is -2.25. The molecule has 0 atom stereocenters. The van der Waals surface area contributed by atoms with E-state index in [4.69, 9.17) is 15.9 Å². The highest BCUT2D eigenvalue weighted by molar-refractivity contribution is 8.00. The van der Waals surface area contributed by atoms with E-state index in [1.54, 1.807) is 24.2 Å². The molecule has 74 valence electrons. The van der Waals surface area contributed by atoms with Gasteiger partial charge in [0.2, 0.25) is 0 Å². The second kappa shape index (κ2) is 3.98. The molecule has 1 aliphatic rings. The average molecular weight is 209 g/mol. The van der Waals surface area contributed by atoms with Crippen molar-refractivity contribution in [3.05, 3.63) is 24.0 Å². The standard InChI is InChI=1S/C9H11N3OS/c10-9(11)7-3-12-2-1-8(7)14-6-4-13-5-6/h1-3,6H,4-5H2,(H3,10,11). The van der Waals surface area contributed by atoms with Crippen LogP contribution in [-0.4, -0.2) is 29.3 Å². The Labute approximate surface area is 86.4 Å². The topological polar surface area (TPSA) is 72.0 Å². The highest BCUT2D eigenvalue weighted by atomic mass is 32.2. The molecule has 2 heterocycles.